The third-order valence-electron chi connectivity index (χ3n) is 4.36. The van der Waals surface area contributed by atoms with Gasteiger partial charge in [-0.15, -0.1) is 12.4 Å². The quantitative estimate of drug-likeness (QED) is 0.818. The fourth-order valence-electron chi connectivity index (χ4n) is 2.83. The molecule has 1 saturated heterocycles. The van der Waals surface area contributed by atoms with Crippen molar-refractivity contribution in [2.75, 3.05) is 13.1 Å². The van der Waals surface area contributed by atoms with E-state index in [-0.39, 0.29) is 29.1 Å². The fourth-order valence-corrected chi connectivity index (χ4v) is 4.34. The van der Waals surface area contributed by atoms with Crippen LogP contribution in [-0.2, 0) is 10.0 Å². The molecule has 2 N–H and O–H groups in total. The van der Waals surface area contributed by atoms with Crippen LogP contribution in [0.15, 0.2) is 29.2 Å². The molecule has 0 aliphatic carbocycles. The van der Waals surface area contributed by atoms with Crippen molar-refractivity contribution in [1.29, 1.82) is 0 Å². The van der Waals surface area contributed by atoms with Crippen LogP contribution in [0.4, 0.5) is 0 Å². The summed E-state index contributed by atoms with van der Waals surface area (Å²) in [5.74, 6) is 0.326. The van der Waals surface area contributed by atoms with Crippen molar-refractivity contribution in [1.82, 2.24) is 4.31 Å². The van der Waals surface area contributed by atoms with Gasteiger partial charge in [-0.2, -0.15) is 4.31 Å². The van der Waals surface area contributed by atoms with Crippen molar-refractivity contribution >= 4 is 28.2 Å². The molecular weight excluding hydrogens is 336 g/mol. The van der Waals surface area contributed by atoms with Gasteiger partial charge in [0, 0.05) is 31.1 Å². The molecular formula is C16H25ClN2O3S. The van der Waals surface area contributed by atoms with Crippen LogP contribution in [-0.4, -0.2) is 37.6 Å². The van der Waals surface area contributed by atoms with Crippen molar-refractivity contribution in [3.63, 3.8) is 0 Å². The Morgan fingerprint density at radius 2 is 1.96 bits per heavy atom. The van der Waals surface area contributed by atoms with Crippen LogP contribution in [0.1, 0.15) is 43.5 Å². The first-order chi connectivity index (χ1) is 10.4. The van der Waals surface area contributed by atoms with Crippen molar-refractivity contribution in [2.45, 2.75) is 44.0 Å². The number of piperidine rings is 1. The van der Waals surface area contributed by atoms with Gasteiger partial charge in [-0.3, -0.25) is 4.79 Å². The Morgan fingerprint density at radius 1 is 1.35 bits per heavy atom. The first-order valence-electron chi connectivity index (χ1n) is 7.75. The second kappa shape index (κ2) is 8.24. The zero-order chi connectivity index (χ0) is 16.3. The Bertz CT molecular complexity index is 638. The van der Waals surface area contributed by atoms with Gasteiger partial charge in [0.25, 0.3) is 0 Å². The SMILES string of the molecule is CCC(=O)c1cccc(S(=O)(=O)N2CCC(C(C)N)CC2)c1.Cl. The molecule has 0 saturated carbocycles. The summed E-state index contributed by atoms with van der Waals surface area (Å²) in [4.78, 5) is 12.0. The van der Waals surface area contributed by atoms with Gasteiger partial charge in [-0.1, -0.05) is 19.1 Å². The molecule has 2 rings (SSSR count). The lowest BCUT2D eigenvalue weighted by Gasteiger charge is -2.33. The summed E-state index contributed by atoms with van der Waals surface area (Å²) in [6.45, 7) is 4.71. The number of sulfonamides is 1. The van der Waals surface area contributed by atoms with Crippen molar-refractivity contribution in [3.05, 3.63) is 29.8 Å². The second-order valence-electron chi connectivity index (χ2n) is 5.91. The van der Waals surface area contributed by atoms with E-state index in [4.69, 9.17) is 5.73 Å². The van der Waals surface area contributed by atoms with Gasteiger partial charge < -0.3 is 5.73 Å². The molecule has 0 amide bonds. The average molecular weight is 361 g/mol. The summed E-state index contributed by atoms with van der Waals surface area (Å²) in [6, 6.07) is 6.42. The third-order valence-corrected chi connectivity index (χ3v) is 6.25. The first kappa shape index (κ1) is 20.1. The Labute approximate surface area is 144 Å². The number of ketones is 1. The molecule has 0 spiro atoms. The largest absolute Gasteiger partial charge is 0.328 e. The minimum Gasteiger partial charge on any atom is -0.328 e. The topological polar surface area (TPSA) is 80.5 Å². The van der Waals surface area contributed by atoms with Gasteiger partial charge in [0.1, 0.15) is 0 Å². The lowest BCUT2D eigenvalue weighted by atomic mass is 9.92. The molecule has 1 heterocycles. The summed E-state index contributed by atoms with van der Waals surface area (Å²) < 4.78 is 26.9. The van der Waals surface area contributed by atoms with Crippen molar-refractivity contribution < 1.29 is 13.2 Å². The molecule has 1 aliphatic heterocycles. The van der Waals surface area contributed by atoms with Crippen LogP contribution >= 0.6 is 12.4 Å². The molecule has 1 atom stereocenters. The summed E-state index contributed by atoms with van der Waals surface area (Å²) >= 11 is 0. The molecule has 5 nitrogen and oxygen atoms in total. The van der Waals surface area contributed by atoms with Crippen molar-refractivity contribution in [3.8, 4) is 0 Å². The van der Waals surface area contributed by atoms with E-state index in [9.17, 15) is 13.2 Å². The summed E-state index contributed by atoms with van der Waals surface area (Å²) in [7, 11) is -3.54. The highest BCUT2D eigenvalue weighted by atomic mass is 35.5. The number of halogens is 1. The third kappa shape index (κ3) is 4.53. The number of rotatable bonds is 5. The number of carbonyl (C=O) groups is 1. The highest BCUT2D eigenvalue weighted by Crippen LogP contribution is 2.25. The summed E-state index contributed by atoms with van der Waals surface area (Å²) in [5, 5.41) is 0. The maximum atomic E-state index is 12.7. The van der Waals surface area contributed by atoms with Crippen LogP contribution in [0.2, 0.25) is 0 Å². The van der Waals surface area contributed by atoms with Crippen molar-refractivity contribution in [2.24, 2.45) is 11.7 Å². The Kier molecular flexibility index (Phi) is 7.20. The number of Topliss-reactive ketones (excluding diaryl/α,β-unsaturated/α-hetero) is 1. The minimum absolute atomic E-state index is 0. The maximum absolute atomic E-state index is 12.7. The highest BCUT2D eigenvalue weighted by molar-refractivity contribution is 7.89. The van der Waals surface area contributed by atoms with Gasteiger partial charge in [-0.05, 0) is 37.8 Å². The van der Waals surface area contributed by atoms with Gasteiger partial charge in [0.15, 0.2) is 5.78 Å². The number of carbonyl (C=O) groups excluding carboxylic acids is 1. The summed E-state index contributed by atoms with van der Waals surface area (Å²) in [6.07, 6.45) is 1.93. The zero-order valence-corrected chi connectivity index (χ0v) is 15.2. The predicted octanol–water partition coefficient (Wildman–Crippen LogP) is 2.45. The molecule has 1 unspecified atom stereocenters. The van der Waals surface area contributed by atoms with Crippen LogP contribution in [0.3, 0.4) is 0 Å². The predicted molar refractivity (Wildman–Crippen MR) is 93.4 cm³/mol. The van der Waals surface area contributed by atoms with E-state index in [1.165, 1.54) is 10.4 Å². The minimum atomic E-state index is -3.54. The second-order valence-corrected chi connectivity index (χ2v) is 7.84. The zero-order valence-electron chi connectivity index (χ0n) is 13.6. The van der Waals surface area contributed by atoms with Gasteiger partial charge >= 0.3 is 0 Å². The van der Waals surface area contributed by atoms with E-state index in [1.807, 2.05) is 6.92 Å². The molecule has 0 bridgehead atoms. The van der Waals surface area contributed by atoms with E-state index in [1.54, 1.807) is 25.1 Å². The monoisotopic (exact) mass is 360 g/mol. The molecule has 1 aromatic rings. The number of benzene rings is 1. The average Bonchev–Trinajstić information content (AvgIpc) is 2.54. The molecule has 0 radical (unpaired) electrons. The summed E-state index contributed by atoms with van der Waals surface area (Å²) in [5.41, 5.74) is 6.35. The van der Waals surface area contributed by atoms with E-state index in [0.29, 0.717) is 31.0 Å². The molecule has 0 aromatic heterocycles. The highest BCUT2D eigenvalue weighted by Gasteiger charge is 2.30. The number of nitrogens with two attached hydrogens (primary N) is 1. The molecule has 130 valence electrons. The molecule has 1 fully saturated rings. The molecule has 1 aromatic carbocycles. The number of nitrogens with zero attached hydrogens (tertiary/aromatic N) is 1. The maximum Gasteiger partial charge on any atom is 0.243 e. The lowest BCUT2D eigenvalue weighted by molar-refractivity contribution is 0.0988. The number of hydrogen-bond acceptors (Lipinski definition) is 4. The standard InChI is InChI=1S/C16H24N2O3S.ClH/c1-3-16(19)14-5-4-6-15(11-14)22(20,21)18-9-7-13(8-10-18)12(2)17;/h4-6,11-13H,3,7-10,17H2,1-2H3;1H. The number of hydrogen-bond donors (Lipinski definition) is 1. The van der Waals surface area contributed by atoms with Gasteiger partial charge in [-0.25, -0.2) is 8.42 Å². The smallest absolute Gasteiger partial charge is 0.243 e. The van der Waals surface area contributed by atoms with Gasteiger partial charge in [0.05, 0.1) is 4.90 Å². The van der Waals surface area contributed by atoms with E-state index < -0.39 is 10.0 Å². The normalized spacial score (nSPS) is 18.2. The van der Waals surface area contributed by atoms with Crippen LogP contribution < -0.4 is 5.73 Å². The van der Waals surface area contributed by atoms with Crippen LogP contribution in [0.5, 0.6) is 0 Å². The van der Waals surface area contributed by atoms with E-state index in [2.05, 4.69) is 0 Å². The van der Waals surface area contributed by atoms with Crippen LogP contribution in [0, 0.1) is 5.92 Å². The Balaban J connectivity index is 0.00000264. The van der Waals surface area contributed by atoms with Crippen LogP contribution in [0.25, 0.3) is 0 Å². The molecule has 1 aliphatic rings. The Hall–Kier alpha value is -0.950. The molecule has 7 heteroatoms. The van der Waals surface area contributed by atoms with Gasteiger partial charge in [0.2, 0.25) is 10.0 Å². The van der Waals surface area contributed by atoms with E-state index >= 15 is 0 Å². The Morgan fingerprint density at radius 3 is 2.48 bits per heavy atom. The molecule has 23 heavy (non-hydrogen) atoms. The fraction of sp³-hybridized carbons (Fsp3) is 0.562. The van der Waals surface area contributed by atoms with E-state index in [0.717, 1.165) is 12.8 Å². The first-order valence-corrected chi connectivity index (χ1v) is 9.19. The lowest BCUT2D eigenvalue weighted by Crippen LogP contribution is -2.42.